The number of carbonyl (C=O) groups is 2. The molecule has 2 bridgehead atoms. The largest absolute Gasteiger partial charge is 0.469 e. The summed E-state index contributed by atoms with van der Waals surface area (Å²) in [6.45, 7) is 4.24. The van der Waals surface area contributed by atoms with Gasteiger partial charge in [0, 0.05) is 5.57 Å². The second kappa shape index (κ2) is 8.88. The fourth-order valence-corrected chi connectivity index (χ4v) is 3.72. The number of halogens is 3. The van der Waals surface area contributed by atoms with Gasteiger partial charge in [-0.15, -0.1) is 0 Å². The lowest BCUT2D eigenvalue weighted by Gasteiger charge is -2.32. The van der Waals surface area contributed by atoms with Crippen LogP contribution in [-0.2, 0) is 19.1 Å². The maximum atomic E-state index is 12.5. The summed E-state index contributed by atoms with van der Waals surface area (Å²) in [5.74, 6) is 0.0593. The summed E-state index contributed by atoms with van der Waals surface area (Å²) < 4.78 is 46.1. The Kier molecular flexibility index (Phi) is 7.68. The third-order valence-electron chi connectivity index (χ3n) is 5.21. The van der Waals surface area contributed by atoms with Crippen molar-refractivity contribution in [2.24, 2.45) is 17.8 Å². The molecule has 0 aromatic heterocycles. The molecule has 5 nitrogen and oxygen atoms in total. The molecule has 4 atom stereocenters. The van der Waals surface area contributed by atoms with E-state index in [-0.39, 0.29) is 24.3 Å². The summed E-state index contributed by atoms with van der Waals surface area (Å²) in [6.07, 6.45) is -0.524. The Morgan fingerprint density at radius 1 is 1.15 bits per heavy atom. The lowest BCUT2D eigenvalue weighted by Crippen LogP contribution is -2.44. The Labute approximate surface area is 151 Å². The van der Waals surface area contributed by atoms with Crippen molar-refractivity contribution < 1.29 is 37.3 Å². The Hall–Kier alpha value is -1.57. The van der Waals surface area contributed by atoms with E-state index in [0.29, 0.717) is 11.8 Å². The third kappa shape index (κ3) is 6.00. The van der Waals surface area contributed by atoms with Crippen LogP contribution >= 0.6 is 0 Å². The van der Waals surface area contributed by atoms with E-state index in [2.05, 4.69) is 16.1 Å². The summed E-state index contributed by atoms with van der Waals surface area (Å²) in [6, 6.07) is 0. The minimum atomic E-state index is -4.49. The van der Waals surface area contributed by atoms with Crippen LogP contribution in [0.15, 0.2) is 12.2 Å². The highest BCUT2D eigenvalue weighted by Gasteiger charge is 2.53. The van der Waals surface area contributed by atoms with Crippen molar-refractivity contribution in [1.29, 1.82) is 0 Å². The topological polar surface area (TPSA) is 72.8 Å². The zero-order valence-corrected chi connectivity index (χ0v) is 15.4. The number of carbonyl (C=O) groups excluding carboxylic acids is 2. The van der Waals surface area contributed by atoms with Gasteiger partial charge in [-0.3, -0.25) is 4.79 Å². The molecule has 0 aliphatic heterocycles. The normalized spacial score (nSPS) is 26.3. The lowest BCUT2D eigenvalue weighted by atomic mass is 9.81. The van der Waals surface area contributed by atoms with Crippen LogP contribution in [0.1, 0.15) is 45.4 Å². The molecule has 0 saturated heterocycles. The Morgan fingerprint density at radius 2 is 1.77 bits per heavy atom. The molecule has 1 N–H and O–H groups in total. The lowest BCUT2D eigenvalue weighted by molar-refractivity contribution is -0.259. The van der Waals surface area contributed by atoms with Crippen LogP contribution in [0.4, 0.5) is 13.2 Å². The molecule has 0 heterocycles. The molecule has 2 rings (SSSR count). The van der Waals surface area contributed by atoms with Crippen molar-refractivity contribution in [2.75, 3.05) is 14.2 Å². The van der Waals surface area contributed by atoms with Crippen LogP contribution in [0.3, 0.4) is 0 Å². The average molecular weight is 380 g/mol. The number of hydrogen-bond acceptors (Lipinski definition) is 5. The quantitative estimate of drug-likeness (QED) is 0.585. The fraction of sp³-hybridized carbons (Fsp3) is 0.778. The first-order chi connectivity index (χ1) is 11.9. The predicted octanol–water partition coefficient (Wildman–Crippen LogP) is 3.40. The smallest absolute Gasteiger partial charge is 0.416 e. The summed E-state index contributed by atoms with van der Waals surface area (Å²) >= 11 is 0. The van der Waals surface area contributed by atoms with Crippen LogP contribution in [0.5, 0.6) is 0 Å². The molecule has 8 heteroatoms. The van der Waals surface area contributed by atoms with Gasteiger partial charge in [-0.1, -0.05) is 13.0 Å². The van der Waals surface area contributed by atoms with E-state index in [1.165, 1.54) is 20.6 Å². The van der Waals surface area contributed by atoms with Crippen LogP contribution < -0.4 is 0 Å². The number of ether oxygens (including phenoxy) is 2. The Morgan fingerprint density at radius 3 is 2.15 bits per heavy atom. The number of hydrogen-bond donors (Lipinski definition) is 1. The summed E-state index contributed by atoms with van der Waals surface area (Å²) in [7, 11) is 2.47. The standard InChI is InChI=1S/C11H17F3O.C7H10O4/c1-10(15,11(12,13)14)6-9-5-7-2-3-8(9)4-7;1-5(7(9)11-3)4-6(8)10-2/h7-9,15H,2-6H2,1H3;1,4H2,2-3H3. The van der Waals surface area contributed by atoms with Gasteiger partial charge in [-0.05, 0) is 50.4 Å². The Balaban J connectivity index is 0.000000276. The molecule has 0 amide bonds. The third-order valence-corrected chi connectivity index (χ3v) is 5.21. The number of esters is 2. The number of methoxy groups -OCH3 is 2. The van der Waals surface area contributed by atoms with Gasteiger partial charge >= 0.3 is 18.1 Å². The summed E-state index contributed by atoms with van der Waals surface area (Å²) in [5, 5.41) is 9.41. The second-order valence-corrected chi connectivity index (χ2v) is 7.26. The first kappa shape index (κ1) is 22.5. The molecule has 26 heavy (non-hydrogen) atoms. The second-order valence-electron chi connectivity index (χ2n) is 7.26. The maximum absolute atomic E-state index is 12.5. The minimum Gasteiger partial charge on any atom is -0.469 e. The van der Waals surface area contributed by atoms with Gasteiger partial charge in [0.05, 0.1) is 20.6 Å². The van der Waals surface area contributed by atoms with Crippen molar-refractivity contribution in [2.45, 2.75) is 57.2 Å². The highest BCUT2D eigenvalue weighted by Crippen LogP contribution is 2.52. The molecule has 4 unspecified atom stereocenters. The molecule has 150 valence electrons. The van der Waals surface area contributed by atoms with E-state index in [1.807, 2.05) is 0 Å². The average Bonchev–Trinajstić information content (AvgIpc) is 3.15. The van der Waals surface area contributed by atoms with Gasteiger partial charge in [0.15, 0.2) is 5.60 Å². The zero-order chi connectivity index (χ0) is 20.1. The van der Waals surface area contributed by atoms with Crippen molar-refractivity contribution in [1.82, 2.24) is 0 Å². The van der Waals surface area contributed by atoms with E-state index >= 15 is 0 Å². The van der Waals surface area contributed by atoms with Crippen LogP contribution in [0, 0.1) is 17.8 Å². The van der Waals surface area contributed by atoms with E-state index in [0.717, 1.165) is 26.2 Å². The van der Waals surface area contributed by atoms with Crippen molar-refractivity contribution in [3.8, 4) is 0 Å². The van der Waals surface area contributed by atoms with Crippen LogP contribution in [0.2, 0.25) is 0 Å². The summed E-state index contributed by atoms with van der Waals surface area (Å²) in [5.41, 5.74) is -2.40. The minimum absolute atomic E-state index is 0.0837. The number of fused-ring (bicyclic) bond motifs is 2. The molecule has 2 aliphatic carbocycles. The predicted molar refractivity (Wildman–Crippen MR) is 88.0 cm³/mol. The monoisotopic (exact) mass is 380 g/mol. The van der Waals surface area contributed by atoms with Gasteiger partial charge in [0.2, 0.25) is 0 Å². The van der Waals surface area contributed by atoms with Gasteiger partial charge < -0.3 is 14.6 Å². The summed E-state index contributed by atoms with van der Waals surface area (Å²) in [4.78, 5) is 21.2. The molecule has 2 aliphatic rings. The van der Waals surface area contributed by atoms with Gasteiger partial charge in [0.1, 0.15) is 0 Å². The molecule has 0 aromatic rings. The first-order valence-corrected chi connectivity index (χ1v) is 8.53. The SMILES string of the molecule is C=C(CC(=O)OC)C(=O)OC.CC(O)(CC1CC2CCC1C2)C(F)(F)F. The van der Waals surface area contributed by atoms with E-state index in [9.17, 15) is 27.9 Å². The van der Waals surface area contributed by atoms with E-state index in [1.54, 1.807) is 0 Å². The van der Waals surface area contributed by atoms with Crippen LogP contribution in [0.25, 0.3) is 0 Å². The van der Waals surface area contributed by atoms with E-state index in [4.69, 9.17) is 0 Å². The van der Waals surface area contributed by atoms with Crippen molar-refractivity contribution in [3.05, 3.63) is 12.2 Å². The highest BCUT2D eigenvalue weighted by molar-refractivity contribution is 5.93. The van der Waals surface area contributed by atoms with Crippen molar-refractivity contribution in [3.63, 3.8) is 0 Å². The van der Waals surface area contributed by atoms with E-state index < -0.39 is 23.7 Å². The van der Waals surface area contributed by atoms with Gasteiger partial charge in [-0.25, -0.2) is 4.79 Å². The first-order valence-electron chi connectivity index (χ1n) is 8.53. The molecular weight excluding hydrogens is 353 g/mol. The molecular formula is C18H27F3O5. The molecule has 0 aromatic carbocycles. The zero-order valence-electron chi connectivity index (χ0n) is 15.4. The molecule has 2 fully saturated rings. The van der Waals surface area contributed by atoms with Crippen LogP contribution in [-0.4, -0.2) is 43.0 Å². The van der Waals surface area contributed by atoms with Crippen molar-refractivity contribution >= 4 is 11.9 Å². The molecule has 0 radical (unpaired) electrons. The fourth-order valence-electron chi connectivity index (χ4n) is 3.72. The molecule has 0 spiro atoms. The number of aliphatic hydroxyl groups is 1. The highest BCUT2D eigenvalue weighted by atomic mass is 19.4. The maximum Gasteiger partial charge on any atom is 0.416 e. The van der Waals surface area contributed by atoms with Gasteiger partial charge in [-0.2, -0.15) is 13.2 Å². The number of alkyl halides is 3. The van der Waals surface area contributed by atoms with Gasteiger partial charge in [0.25, 0.3) is 0 Å². The molecule has 2 saturated carbocycles. The number of rotatable bonds is 5. The Bertz CT molecular complexity index is 527.